The summed E-state index contributed by atoms with van der Waals surface area (Å²) >= 11 is 0. The number of aromatic nitrogens is 3. The van der Waals surface area contributed by atoms with E-state index in [9.17, 15) is 18.4 Å². The van der Waals surface area contributed by atoms with Crippen LogP contribution in [0.1, 0.15) is 49.0 Å². The van der Waals surface area contributed by atoms with Crippen molar-refractivity contribution in [1.82, 2.24) is 30.3 Å². The predicted octanol–water partition coefficient (Wildman–Crippen LogP) is 3.20. The maximum atomic E-state index is 14.8. The van der Waals surface area contributed by atoms with Crippen LogP contribution in [0.5, 0.6) is 5.75 Å². The zero-order valence-electron chi connectivity index (χ0n) is 26.5. The Bertz CT molecular complexity index is 1750. The number of benzene rings is 2. The lowest BCUT2D eigenvalue weighted by molar-refractivity contribution is -0.123. The minimum absolute atomic E-state index is 0.0205. The summed E-state index contributed by atoms with van der Waals surface area (Å²) in [6, 6.07) is 7.20. The van der Waals surface area contributed by atoms with Gasteiger partial charge in [-0.1, -0.05) is 6.92 Å². The number of nitrogens with one attached hydrogen (secondary N) is 5. The number of amides is 2. The number of carbonyl (C=O) groups is 2. The zero-order chi connectivity index (χ0) is 34.1. The molecule has 0 fully saturated rings. The molecule has 0 saturated carbocycles. The fourth-order valence-electron chi connectivity index (χ4n) is 5.01. The first-order valence-corrected chi connectivity index (χ1v) is 15.2. The van der Waals surface area contributed by atoms with Crippen molar-refractivity contribution < 1.29 is 23.1 Å². The van der Waals surface area contributed by atoms with E-state index in [0.717, 1.165) is 5.56 Å². The van der Waals surface area contributed by atoms with Crippen molar-refractivity contribution in [1.29, 1.82) is 5.41 Å². The lowest BCUT2D eigenvalue weighted by atomic mass is 10.0. The number of methoxy groups -OCH3 is 1. The summed E-state index contributed by atoms with van der Waals surface area (Å²) in [6.45, 7) is 4.59. The lowest BCUT2D eigenvalue weighted by Gasteiger charge is -2.18. The molecular weight excluding hydrogens is 610 g/mol. The Balaban J connectivity index is 1.36. The van der Waals surface area contributed by atoms with Gasteiger partial charge in [0.2, 0.25) is 11.7 Å². The molecule has 2 amide bonds. The molecule has 4 rings (SSSR count). The van der Waals surface area contributed by atoms with Gasteiger partial charge in [-0.25, -0.2) is 14.4 Å². The number of nitrogens with two attached hydrogens (primary N) is 2. The SMILES string of the molecule is CCc1cc(Nc2nccn3c(-c4ccc(OC)c(F)c4F)cnc23)ccc1C(=O)NCCC(C)NC(=O)C(N)CCCNC(=N)N. The molecule has 250 valence electrons. The molecule has 0 saturated heterocycles. The molecule has 13 nitrogen and oxygen atoms in total. The number of hydrogen-bond acceptors (Lipinski definition) is 8. The van der Waals surface area contributed by atoms with Crippen LogP contribution in [-0.2, 0) is 11.2 Å². The van der Waals surface area contributed by atoms with Gasteiger partial charge < -0.3 is 37.5 Å². The van der Waals surface area contributed by atoms with Crippen LogP contribution in [0.3, 0.4) is 0 Å². The van der Waals surface area contributed by atoms with Crippen LogP contribution in [0.25, 0.3) is 16.9 Å². The third-order valence-corrected chi connectivity index (χ3v) is 7.56. The number of rotatable bonds is 15. The Morgan fingerprint density at radius 1 is 1.09 bits per heavy atom. The van der Waals surface area contributed by atoms with E-state index in [1.165, 1.54) is 31.6 Å². The quantitative estimate of drug-likeness (QED) is 0.0574. The number of guanidine groups is 1. The number of ether oxygens (including phenoxy) is 1. The van der Waals surface area contributed by atoms with Crippen molar-refractivity contribution in [3.8, 4) is 17.0 Å². The van der Waals surface area contributed by atoms with E-state index in [0.29, 0.717) is 67.2 Å². The third-order valence-electron chi connectivity index (χ3n) is 7.56. The Kier molecular flexibility index (Phi) is 11.6. The second kappa shape index (κ2) is 15.8. The van der Waals surface area contributed by atoms with Gasteiger partial charge in [0.25, 0.3) is 5.91 Å². The molecule has 47 heavy (non-hydrogen) atoms. The van der Waals surface area contributed by atoms with Crippen LogP contribution < -0.4 is 37.5 Å². The maximum absolute atomic E-state index is 14.8. The van der Waals surface area contributed by atoms with E-state index in [2.05, 4.69) is 31.2 Å². The van der Waals surface area contributed by atoms with Crippen LogP contribution in [0.2, 0.25) is 0 Å². The van der Waals surface area contributed by atoms with Crippen LogP contribution in [0.15, 0.2) is 48.9 Å². The van der Waals surface area contributed by atoms with E-state index < -0.39 is 17.7 Å². The normalized spacial score (nSPS) is 12.3. The molecule has 2 aromatic heterocycles. The van der Waals surface area contributed by atoms with Gasteiger partial charge in [0, 0.05) is 48.3 Å². The monoisotopic (exact) mass is 650 g/mol. The van der Waals surface area contributed by atoms with Gasteiger partial charge in [-0.3, -0.25) is 19.4 Å². The van der Waals surface area contributed by atoms with E-state index >= 15 is 0 Å². The highest BCUT2D eigenvalue weighted by Gasteiger charge is 2.20. The smallest absolute Gasteiger partial charge is 0.251 e. The van der Waals surface area contributed by atoms with Gasteiger partial charge in [0.15, 0.2) is 29.0 Å². The molecule has 2 aromatic carbocycles. The molecule has 0 spiro atoms. The molecule has 15 heteroatoms. The van der Waals surface area contributed by atoms with Crippen molar-refractivity contribution in [2.45, 2.75) is 51.6 Å². The number of imidazole rings is 1. The van der Waals surface area contributed by atoms with Crippen molar-refractivity contribution in [2.24, 2.45) is 11.5 Å². The Hall–Kier alpha value is -5.31. The zero-order valence-corrected chi connectivity index (χ0v) is 26.5. The number of halogens is 2. The lowest BCUT2D eigenvalue weighted by Crippen LogP contribution is -2.45. The van der Waals surface area contributed by atoms with Gasteiger partial charge in [-0.2, -0.15) is 4.39 Å². The Labute approximate surface area is 271 Å². The standard InChI is InChI=1S/C32H40F2N10O3/c1-4-19-16-20(7-8-21(19)30(45)39-13-11-18(2)42-31(46)23(35)6-5-12-40-32(36)37)43-28-29-41-17-24(44(29)15-14-38-28)22-9-10-25(47-3)27(34)26(22)33/h7-10,14-18,23H,4-6,11-13,35H2,1-3H3,(H,38,43)(H,39,45)(H,42,46)(H4,36,37,40). The minimum atomic E-state index is -1.09. The van der Waals surface area contributed by atoms with E-state index in [1.54, 1.807) is 22.7 Å². The van der Waals surface area contributed by atoms with Gasteiger partial charge in [-0.05, 0) is 68.5 Å². The second-order valence-electron chi connectivity index (χ2n) is 11.0. The number of nitrogens with zero attached hydrogens (tertiary/aromatic N) is 3. The molecule has 2 heterocycles. The fourth-order valence-corrected chi connectivity index (χ4v) is 5.01. The van der Waals surface area contributed by atoms with Crippen LogP contribution in [-0.4, -0.2) is 64.4 Å². The molecule has 0 aliphatic carbocycles. The molecular formula is C32H40F2N10O3. The summed E-state index contributed by atoms with van der Waals surface area (Å²) in [5.41, 5.74) is 13.9. The van der Waals surface area contributed by atoms with E-state index in [1.807, 2.05) is 19.9 Å². The number of anilines is 2. The number of carbonyl (C=O) groups excluding carboxylic acids is 2. The fraction of sp³-hybridized carbons (Fsp3) is 0.344. The summed E-state index contributed by atoms with van der Waals surface area (Å²) in [5.74, 6) is -2.59. The second-order valence-corrected chi connectivity index (χ2v) is 11.0. The van der Waals surface area contributed by atoms with E-state index in [-0.39, 0.29) is 35.1 Å². The number of fused-ring (bicyclic) bond motifs is 1. The third kappa shape index (κ3) is 8.49. The first kappa shape index (κ1) is 34.6. The van der Waals surface area contributed by atoms with Gasteiger partial charge in [0.05, 0.1) is 25.0 Å². The molecule has 0 aliphatic heterocycles. The van der Waals surface area contributed by atoms with Gasteiger partial charge in [-0.15, -0.1) is 0 Å². The van der Waals surface area contributed by atoms with Crippen molar-refractivity contribution >= 4 is 34.9 Å². The summed E-state index contributed by atoms with van der Waals surface area (Å²) < 4.78 is 35.7. The summed E-state index contributed by atoms with van der Waals surface area (Å²) in [5, 5.41) is 18.8. The average molecular weight is 651 g/mol. The maximum Gasteiger partial charge on any atom is 0.251 e. The van der Waals surface area contributed by atoms with E-state index in [4.69, 9.17) is 21.6 Å². The molecule has 0 radical (unpaired) electrons. The number of hydrogen-bond donors (Lipinski definition) is 7. The summed E-state index contributed by atoms with van der Waals surface area (Å²) in [7, 11) is 1.27. The topological polar surface area (TPSA) is 198 Å². The molecule has 0 aliphatic rings. The van der Waals surface area contributed by atoms with Crippen LogP contribution in [0, 0.1) is 17.0 Å². The number of aryl methyl sites for hydroxylation is 1. The Morgan fingerprint density at radius 2 is 1.87 bits per heavy atom. The van der Waals surface area contributed by atoms with Crippen molar-refractivity contribution in [3.63, 3.8) is 0 Å². The molecule has 4 aromatic rings. The van der Waals surface area contributed by atoms with Gasteiger partial charge >= 0.3 is 0 Å². The highest BCUT2D eigenvalue weighted by atomic mass is 19.2. The van der Waals surface area contributed by atoms with Crippen LogP contribution >= 0.6 is 0 Å². The van der Waals surface area contributed by atoms with Crippen LogP contribution in [0.4, 0.5) is 20.3 Å². The molecule has 2 unspecified atom stereocenters. The summed E-state index contributed by atoms with van der Waals surface area (Å²) in [4.78, 5) is 34.2. The first-order chi connectivity index (χ1) is 22.5. The highest BCUT2D eigenvalue weighted by Crippen LogP contribution is 2.31. The highest BCUT2D eigenvalue weighted by molar-refractivity contribution is 5.96. The van der Waals surface area contributed by atoms with Crippen molar-refractivity contribution in [2.75, 3.05) is 25.5 Å². The average Bonchev–Trinajstić information content (AvgIpc) is 3.48. The summed E-state index contributed by atoms with van der Waals surface area (Å²) in [6.07, 6.45) is 6.69. The first-order valence-electron chi connectivity index (χ1n) is 15.2. The largest absolute Gasteiger partial charge is 0.494 e. The van der Waals surface area contributed by atoms with Gasteiger partial charge in [0.1, 0.15) is 0 Å². The predicted molar refractivity (Wildman–Crippen MR) is 176 cm³/mol. The molecule has 2 atom stereocenters. The van der Waals surface area contributed by atoms with Crippen molar-refractivity contribution in [3.05, 3.63) is 71.7 Å². The molecule has 0 bridgehead atoms. The Morgan fingerprint density at radius 3 is 2.60 bits per heavy atom. The molecule has 9 N–H and O–H groups in total. The minimum Gasteiger partial charge on any atom is -0.494 e.